The fourth-order valence-corrected chi connectivity index (χ4v) is 2.65. The lowest BCUT2D eigenvalue weighted by atomic mass is 10.0. The van der Waals surface area contributed by atoms with Crippen molar-refractivity contribution in [3.8, 4) is 5.75 Å². The van der Waals surface area contributed by atoms with Gasteiger partial charge in [0.25, 0.3) is 0 Å². The van der Waals surface area contributed by atoms with Crippen molar-refractivity contribution in [1.82, 2.24) is 0 Å². The Labute approximate surface area is 118 Å². The molecule has 1 aliphatic rings. The summed E-state index contributed by atoms with van der Waals surface area (Å²) in [5.74, 6) is 0.938. The smallest absolute Gasteiger partial charge is 0.122 e. The number of hydrogen-bond donors (Lipinski definition) is 1. The SMILES string of the molecule is COc1cccc2c1CC/C2=C\CC(CCO)N=[N+]=[N-]. The van der Waals surface area contributed by atoms with E-state index >= 15 is 0 Å². The van der Waals surface area contributed by atoms with Crippen molar-refractivity contribution in [2.24, 2.45) is 5.11 Å². The number of benzene rings is 1. The first-order chi connectivity index (χ1) is 9.80. The van der Waals surface area contributed by atoms with Crippen LogP contribution in [-0.4, -0.2) is 24.9 Å². The third kappa shape index (κ3) is 3.13. The van der Waals surface area contributed by atoms with E-state index in [4.69, 9.17) is 15.4 Å². The Morgan fingerprint density at radius 1 is 1.50 bits per heavy atom. The Balaban J connectivity index is 2.16. The van der Waals surface area contributed by atoms with Gasteiger partial charge >= 0.3 is 0 Å². The van der Waals surface area contributed by atoms with Crippen molar-refractivity contribution in [3.05, 3.63) is 45.8 Å². The standard InChI is InChI=1S/C15H19N3O2/c1-20-15-4-2-3-13-11(6-8-14(13)15)5-7-12(9-10-19)17-18-16/h2-5,12,19H,6-10H2,1H3/b11-5+. The summed E-state index contributed by atoms with van der Waals surface area (Å²) in [6.45, 7) is 0.0390. The molecule has 0 radical (unpaired) electrons. The Kier molecular flexibility index (Phi) is 5.04. The van der Waals surface area contributed by atoms with Crippen molar-refractivity contribution in [2.75, 3.05) is 13.7 Å². The number of hydrogen-bond acceptors (Lipinski definition) is 3. The molecule has 106 valence electrons. The zero-order valence-corrected chi connectivity index (χ0v) is 11.6. The summed E-state index contributed by atoms with van der Waals surface area (Å²) in [4.78, 5) is 2.84. The molecule has 0 spiro atoms. The molecule has 1 aromatic rings. The first kappa shape index (κ1) is 14.4. The van der Waals surface area contributed by atoms with Crippen LogP contribution in [0.15, 0.2) is 29.4 Å². The molecule has 0 aliphatic heterocycles. The van der Waals surface area contributed by atoms with Gasteiger partial charge in [-0.1, -0.05) is 23.3 Å². The molecule has 20 heavy (non-hydrogen) atoms. The molecule has 0 saturated heterocycles. The predicted octanol–water partition coefficient (Wildman–Crippen LogP) is 3.48. The van der Waals surface area contributed by atoms with Gasteiger partial charge in [0.2, 0.25) is 0 Å². The van der Waals surface area contributed by atoms with E-state index in [1.807, 2.05) is 12.1 Å². The van der Waals surface area contributed by atoms with Crippen molar-refractivity contribution >= 4 is 5.57 Å². The van der Waals surface area contributed by atoms with Crippen molar-refractivity contribution in [1.29, 1.82) is 0 Å². The van der Waals surface area contributed by atoms with Gasteiger partial charge < -0.3 is 9.84 Å². The van der Waals surface area contributed by atoms with Crippen molar-refractivity contribution in [2.45, 2.75) is 31.7 Å². The topological polar surface area (TPSA) is 78.2 Å². The fourth-order valence-electron chi connectivity index (χ4n) is 2.65. The van der Waals surface area contributed by atoms with Gasteiger partial charge in [0.05, 0.1) is 7.11 Å². The summed E-state index contributed by atoms with van der Waals surface area (Å²) in [6, 6.07) is 5.91. The summed E-state index contributed by atoms with van der Waals surface area (Å²) >= 11 is 0. The Morgan fingerprint density at radius 3 is 3.05 bits per heavy atom. The highest BCUT2D eigenvalue weighted by Gasteiger charge is 2.19. The molecule has 0 amide bonds. The van der Waals surface area contributed by atoms with Gasteiger partial charge in [-0.3, -0.25) is 0 Å². The third-order valence-corrected chi connectivity index (χ3v) is 3.66. The van der Waals surface area contributed by atoms with E-state index in [1.54, 1.807) is 7.11 Å². The molecule has 1 unspecified atom stereocenters. The van der Waals surface area contributed by atoms with Gasteiger partial charge in [0, 0.05) is 23.1 Å². The minimum atomic E-state index is -0.174. The second-order valence-electron chi connectivity index (χ2n) is 4.82. The number of allylic oxidation sites excluding steroid dienone is 1. The molecule has 0 heterocycles. The molecule has 2 rings (SSSR count). The molecule has 0 saturated carbocycles. The quantitative estimate of drug-likeness (QED) is 0.489. The van der Waals surface area contributed by atoms with Gasteiger partial charge in [-0.15, -0.1) is 0 Å². The van der Waals surface area contributed by atoms with E-state index in [9.17, 15) is 0 Å². The number of aliphatic hydroxyl groups is 1. The van der Waals surface area contributed by atoms with Crippen LogP contribution < -0.4 is 4.74 Å². The largest absolute Gasteiger partial charge is 0.496 e. The van der Waals surface area contributed by atoms with Gasteiger partial charge in [0.15, 0.2) is 0 Å². The van der Waals surface area contributed by atoms with Crippen LogP contribution in [0, 0.1) is 0 Å². The van der Waals surface area contributed by atoms with Crippen LogP contribution in [0.2, 0.25) is 0 Å². The minimum absolute atomic E-state index is 0.0390. The number of aliphatic hydroxyl groups excluding tert-OH is 1. The third-order valence-electron chi connectivity index (χ3n) is 3.66. The summed E-state index contributed by atoms with van der Waals surface area (Å²) in [5.41, 5.74) is 12.3. The lowest BCUT2D eigenvalue weighted by molar-refractivity contribution is 0.276. The summed E-state index contributed by atoms with van der Waals surface area (Å²) < 4.78 is 5.38. The zero-order chi connectivity index (χ0) is 14.4. The van der Waals surface area contributed by atoms with Gasteiger partial charge in [-0.05, 0) is 48.4 Å². The Bertz CT molecular complexity index is 548. The molecule has 0 fully saturated rings. The lowest BCUT2D eigenvalue weighted by Crippen LogP contribution is -2.04. The highest BCUT2D eigenvalue weighted by molar-refractivity contribution is 5.74. The first-order valence-electron chi connectivity index (χ1n) is 6.80. The normalized spacial score (nSPS) is 16.6. The van der Waals surface area contributed by atoms with Gasteiger partial charge in [0.1, 0.15) is 5.75 Å². The molecule has 0 bridgehead atoms. The minimum Gasteiger partial charge on any atom is -0.496 e. The molecular formula is C15H19N3O2. The van der Waals surface area contributed by atoms with E-state index in [2.05, 4.69) is 22.2 Å². The van der Waals surface area contributed by atoms with E-state index in [0.29, 0.717) is 12.8 Å². The van der Waals surface area contributed by atoms with Gasteiger partial charge in [-0.2, -0.15) is 0 Å². The number of fused-ring (bicyclic) bond motifs is 1. The molecule has 1 atom stereocenters. The predicted molar refractivity (Wildman–Crippen MR) is 78.5 cm³/mol. The molecule has 1 N–H and O–H groups in total. The van der Waals surface area contributed by atoms with Crippen LogP contribution in [-0.2, 0) is 6.42 Å². The Hall–Kier alpha value is -1.97. The summed E-state index contributed by atoms with van der Waals surface area (Å²) in [7, 11) is 1.69. The van der Waals surface area contributed by atoms with Crippen LogP contribution >= 0.6 is 0 Å². The van der Waals surface area contributed by atoms with Crippen LogP contribution in [0.25, 0.3) is 16.0 Å². The maximum absolute atomic E-state index is 8.96. The van der Waals surface area contributed by atoms with Gasteiger partial charge in [-0.25, -0.2) is 0 Å². The van der Waals surface area contributed by atoms with Crippen LogP contribution in [0.1, 0.15) is 30.4 Å². The monoisotopic (exact) mass is 273 g/mol. The number of ether oxygens (including phenoxy) is 1. The average Bonchev–Trinajstić information content (AvgIpc) is 2.88. The maximum atomic E-state index is 8.96. The molecule has 5 nitrogen and oxygen atoms in total. The number of rotatable bonds is 6. The molecule has 1 aliphatic carbocycles. The summed E-state index contributed by atoms with van der Waals surface area (Å²) in [5, 5.41) is 12.7. The molecule has 5 heteroatoms. The lowest BCUT2D eigenvalue weighted by Gasteiger charge is -2.08. The molecular weight excluding hydrogens is 254 g/mol. The van der Waals surface area contributed by atoms with E-state index in [0.717, 1.165) is 18.6 Å². The zero-order valence-electron chi connectivity index (χ0n) is 11.6. The van der Waals surface area contributed by atoms with Crippen LogP contribution in [0.5, 0.6) is 5.75 Å². The van der Waals surface area contributed by atoms with E-state index in [-0.39, 0.29) is 12.6 Å². The highest BCUT2D eigenvalue weighted by atomic mass is 16.5. The van der Waals surface area contributed by atoms with E-state index < -0.39 is 0 Å². The molecule has 1 aromatic carbocycles. The fraction of sp³-hybridized carbons (Fsp3) is 0.467. The number of azide groups is 1. The molecule has 0 aromatic heterocycles. The average molecular weight is 273 g/mol. The van der Waals surface area contributed by atoms with Crippen LogP contribution in [0.3, 0.4) is 0 Å². The number of nitrogens with zero attached hydrogens (tertiary/aromatic N) is 3. The van der Waals surface area contributed by atoms with E-state index in [1.165, 1.54) is 16.7 Å². The van der Waals surface area contributed by atoms with Crippen molar-refractivity contribution < 1.29 is 9.84 Å². The van der Waals surface area contributed by atoms with Crippen molar-refractivity contribution in [3.63, 3.8) is 0 Å². The number of methoxy groups -OCH3 is 1. The Morgan fingerprint density at radius 2 is 2.35 bits per heavy atom. The first-order valence-corrected chi connectivity index (χ1v) is 6.80. The highest BCUT2D eigenvalue weighted by Crippen LogP contribution is 2.37. The summed E-state index contributed by atoms with van der Waals surface area (Å²) in [6.07, 6.45) is 5.25. The second kappa shape index (κ2) is 6.98. The maximum Gasteiger partial charge on any atom is 0.122 e. The van der Waals surface area contributed by atoms with Crippen LogP contribution in [0.4, 0.5) is 0 Å². The second-order valence-corrected chi connectivity index (χ2v) is 4.82.